The monoisotopic (exact) mass is 249 g/mol. The van der Waals surface area contributed by atoms with Crippen LogP contribution in [0.3, 0.4) is 0 Å². The maximum Gasteiger partial charge on any atom is 0.251 e. The Morgan fingerprint density at radius 1 is 1.61 bits per heavy atom. The zero-order valence-electron chi connectivity index (χ0n) is 10.6. The normalized spacial score (nSPS) is 18.8. The minimum Gasteiger partial charge on any atom is -0.352 e. The van der Waals surface area contributed by atoms with E-state index >= 15 is 0 Å². The van der Waals surface area contributed by atoms with Crippen LogP contribution in [-0.4, -0.2) is 29.6 Å². The van der Waals surface area contributed by atoms with E-state index in [1.165, 1.54) is 23.5 Å². The number of hydrogen-bond donors (Lipinski definition) is 2. The smallest absolute Gasteiger partial charge is 0.251 e. The molecular formula is C13H19N3O2. The van der Waals surface area contributed by atoms with E-state index in [-0.39, 0.29) is 11.5 Å². The van der Waals surface area contributed by atoms with Gasteiger partial charge in [-0.1, -0.05) is 0 Å². The Bertz CT molecular complexity index is 475. The number of aryl methyl sites for hydroxylation is 1. The maximum absolute atomic E-state index is 11.8. The molecule has 0 saturated carbocycles. The number of aromatic nitrogens is 1. The molecule has 0 bridgehead atoms. The van der Waals surface area contributed by atoms with Gasteiger partial charge >= 0.3 is 0 Å². The standard InChI is InChI=1S/C13H19N3O2/c1-16-8-5-10(9-12(16)17)13(18)15-7-4-11-3-2-6-14-11/h5,8-9,11,14H,2-4,6-7H2,1H3,(H,15,18). The highest BCUT2D eigenvalue weighted by atomic mass is 16.2. The van der Waals surface area contributed by atoms with Crippen molar-refractivity contribution in [3.63, 3.8) is 0 Å². The molecule has 1 aliphatic heterocycles. The van der Waals surface area contributed by atoms with Gasteiger partial charge in [0.1, 0.15) is 0 Å². The van der Waals surface area contributed by atoms with Crippen LogP contribution in [0.15, 0.2) is 23.1 Å². The van der Waals surface area contributed by atoms with Crippen molar-refractivity contribution < 1.29 is 4.79 Å². The number of pyridine rings is 1. The molecule has 1 aromatic rings. The third-order valence-corrected chi connectivity index (χ3v) is 3.31. The SMILES string of the molecule is Cn1ccc(C(=O)NCCC2CCCN2)cc1=O. The Morgan fingerprint density at radius 3 is 3.11 bits per heavy atom. The molecule has 5 heteroatoms. The maximum atomic E-state index is 11.8. The fourth-order valence-electron chi connectivity index (χ4n) is 2.15. The van der Waals surface area contributed by atoms with E-state index in [1.807, 2.05) is 0 Å². The molecule has 1 saturated heterocycles. The van der Waals surface area contributed by atoms with Gasteiger partial charge in [-0.25, -0.2) is 0 Å². The summed E-state index contributed by atoms with van der Waals surface area (Å²) in [5, 5.41) is 6.23. The summed E-state index contributed by atoms with van der Waals surface area (Å²) in [6.45, 7) is 1.72. The minimum atomic E-state index is -0.175. The van der Waals surface area contributed by atoms with Crippen LogP contribution in [0.2, 0.25) is 0 Å². The van der Waals surface area contributed by atoms with Gasteiger partial charge in [-0.3, -0.25) is 9.59 Å². The van der Waals surface area contributed by atoms with Gasteiger partial charge in [0.15, 0.2) is 0 Å². The van der Waals surface area contributed by atoms with E-state index in [4.69, 9.17) is 0 Å². The van der Waals surface area contributed by atoms with Gasteiger partial charge in [0.2, 0.25) is 0 Å². The van der Waals surface area contributed by atoms with Gasteiger partial charge in [-0.15, -0.1) is 0 Å². The highest BCUT2D eigenvalue weighted by Crippen LogP contribution is 2.07. The van der Waals surface area contributed by atoms with Gasteiger partial charge in [0.25, 0.3) is 11.5 Å². The number of amides is 1. The number of carbonyl (C=O) groups excluding carboxylic acids is 1. The van der Waals surface area contributed by atoms with Crippen LogP contribution in [-0.2, 0) is 7.05 Å². The van der Waals surface area contributed by atoms with Crippen LogP contribution in [0.25, 0.3) is 0 Å². The number of hydrogen-bond acceptors (Lipinski definition) is 3. The van der Waals surface area contributed by atoms with Gasteiger partial charge in [-0.05, 0) is 31.9 Å². The predicted molar refractivity (Wildman–Crippen MR) is 69.7 cm³/mol. The first kappa shape index (κ1) is 12.8. The first-order chi connectivity index (χ1) is 8.66. The molecule has 18 heavy (non-hydrogen) atoms. The number of nitrogens with zero attached hydrogens (tertiary/aromatic N) is 1. The molecule has 2 rings (SSSR count). The van der Waals surface area contributed by atoms with Crippen molar-refractivity contribution in [3.8, 4) is 0 Å². The van der Waals surface area contributed by atoms with E-state index in [1.54, 1.807) is 19.3 Å². The summed E-state index contributed by atoms with van der Waals surface area (Å²) < 4.78 is 1.44. The third-order valence-electron chi connectivity index (χ3n) is 3.31. The third kappa shape index (κ3) is 3.20. The number of nitrogens with one attached hydrogen (secondary N) is 2. The molecule has 98 valence electrons. The molecule has 0 spiro atoms. The van der Waals surface area contributed by atoms with Crippen LogP contribution in [0.1, 0.15) is 29.6 Å². The van der Waals surface area contributed by atoms with Crippen LogP contribution in [0.4, 0.5) is 0 Å². The van der Waals surface area contributed by atoms with E-state index in [9.17, 15) is 9.59 Å². The van der Waals surface area contributed by atoms with Crippen molar-refractivity contribution in [1.29, 1.82) is 0 Å². The van der Waals surface area contributed by atoms with E-state index in [0.717, 1.165) is 13.0 Å². The average molecular weight is 249 g/mol. The average Bonchev–Trinajstić information content (AvgIpc) is 2.85. The summed E-state index contributed by atoms with van der Waals surface area (Å²) in [4.78, 5) is 23.2. The van der Waals surface area contributed by atoms with Gasteiger partial charge < -0.3 is 15.2 Å². The molecular weight excluding hydrogens is 230 g/mol. The molecule has 1 fully saturated rings. The molecule has 2 heterocycles. The van der Waals surface area contributed by atoms with E-state index in [0.29, 0.717) is 18.2 Å². The molecule has 5 nitrogen and oxygen atoms in total. The zero-order chi connectivity index (χ0) is 13.0. The highest BCUT2D eigenvalue weighted by molar-refractivity contribution is 5.93. The zero-order valence-corrected chi connectivity index (χ0v) is 10.6. The van der Waals surface area contributed by atoms with Crippen LogP contribution >= 0.6 is 0 Å². The Morgan fingerprint density at radius 2 is 2.44 bits per heavy atom. The summed E-state index contributed by atoms with van der Waals surface area (Å²) in [7, 11) is 1.66. The molecule has 0 radical (unpaired) electrons. The van der Waals surface area contributed by atoms with Crippen LogP contribution < -0.4 is 16.2 Å². The summed E-state index contributed by atoms with van der Waals surface area (Å²) in [6.07, 6.45) is 4.95. The van der Waals surface area contributed by atoms with Gasteiger partial charge in [-0.2, -0.15) is 0 Å². The predicted octanol–water partition coefficient (Wildman–Crippen LogP) is 0.257. The van der Waals surface area contributed by atoms with Gasteiger partial charge in [0.05, 0.1) is 0 Å². The molecule has 1 aromatic heterocycles. The van der Waals surface area contributed by atoms with Crippen molar-refractivity contribution in [2.24, 2.45) is 7.05 Å². The lowest BCUT2D eigenvalue weighted by atomic mass is 10.1. The fourth-order valence-corrected chi connectivity index (χ4v) is 2.15. The molecule has 0 aromatic carbocycles. The summed E-state index contributed by atoms with van der Waals surface area (Å²) in [5.74, 6) is -0.175. The summed E-state index contributed by atoms with van der Waals surface area (Å²) >= 11 is 0. The lowest BCUT2D eigenvalue weighted by Crippen LogP contribution is -2.31. The van der Waals surface area contributed by atoms with Crippen LogP contribution in [0, 0.1) is 0 Å². The lowest BCUT2D eigenvalue weighted by molar-refractivity contribution is 0.0952. The second kappa shape index (κ2) is 5.82. The van der Waals surface area contributed by atoms with Crippen LogP contribution in [0.5, 0.6) is 0 Å². The summed E-state index contributed by atoms with van der Waals surface area (Å²) in [5.41, 5.74) is 0.262. The number of carbonyl (C=O) groups is 1. The van der Waals surface area contributed by atoms with Crippen molar-refractivity contribution in [1.82, 2.24) is 15.2 Å². The first-order valence-corrected chi connectivity index (χ1v) is 6.35. The largest absolute Gasteiger partial charge is 0.352 e. The highest BCUT2D eigenvalue weighted by Gasteiger charge is 2.14. The second-order valence-corrected chi connectivity index (χ2v) is 4.70. The van der Waals surface area contributed by atoms with Crippen molar-refractivity contribution in [2.45, 2.75) is 25.3 Å². The molecule has 2 N–H and O–H groups in total. The Balaban J connectivity index is 1.83. The minimum absolute atomic E-state index is 0.167. The second-order valence-electron chi connectivity index (χ2n) is 4.70. The Kier molecular flexibility index (Phi) is 4.15. The molecule has 1 amide bonds. The topological polar surface area (TPSA) is 63.1 Å². The fraction of sp³-hybridized carbons (Fsp3) is 0.538. The van der Waals surface area contributed by atoms with Crippen molar-refractivity contribution >= 4 is 5.91 Å². The molecule has 0 aliphatic carbocycles. The Hall–Kier alpha value is -1.62. The first-order valence-electron chi connectivity index (χ1n) is 6.35. The number of rotatable bonds is 4. The van der Waals surface area contributed by atoms with Gasteiger partial charge in [0, 0.05) is 37.5 Å². The lowest BCUT2D eigenvalue weighted by Gasteiger charge is -2.10. The van der Waals surface area contributed by atoms with E-state index < -0.39 is 0 Å². The quantitative estimate of drug-likeness (QED) is 0.804. The molecule has 1 aliphatic rings. The van der Waals surface area contributed by atoms with Crippen molar-refractivity contribution in [2.75, 3.05) is 13.1 Å². The summed E-state index contributed by atoms with van der Waals surface area (Å²) in [6, 6.07) is 3.54. The Labute approximate surface area is 106 Å². The van der Waals surface area contributed by atoms with E-state index in [2.05, 4.69) is 10.6 Å². The molecule has 1 unspecified atom stereocenters. The van der Waals surface area contributed by atoms with Crippen molar-refractivity contribution in [3.05, 3.63) is 34.2 Å². The molecule has 1 atom stereocenters.